The van der Waals surface area contributed by atoms with E-state index < -0.39 is 17.2 Å². The molecule has 1 aromatic carbocycles. The number of ether oxygens (including phenoxy) is 3. The molecule has 9 heteroatoms. The Labute approximate surface area is 192 Å². The average molecular weight is 471 g/mol. The maximum absolute atomic E-state index is 13.8. The Hall–Kier alpha value is -1.84. The molecule has 6 nitrogen and oxygen atoms in total. The van der Waals surface area contributed by atoms with Crippen LogP contribution in [0.3, 0.4) is 0 Å². The van der Waals surface area contributed by atoms with Gasteiger partial charge in [-0.15, -0.1) is 0 Å². The zero-order chi connectivity index (χ0) is 23.8. The molecule has 2 fully saturated rings. The van der Waals surface area contributed by atoms with Crippen molar-refractivity contribution in [2.45, 2.75) is 70.4 Å². The Bertz CT molecular complexity index is 863. The van der Waals surface area contributed by atoms with Gasteiger partial charge < -0.3 is 24.4 Å². The number of nitrogens with one attached hydrogen (secondary N) is 1. The maximum Gasteiger partial charge on any atom is 0.416 e. The zero-order valence-electron chi connectivity index (χ0n) is 19.4. The highest BCUT2D eigenvalue weighted by Crippen LogP contribution is 2.47. The van der Waals surface area contributed by atoms with Crippen LogP contribution in [0.1, 0.15) is 50.7 Å². The van der Waals surface area contributed by atoms with Crippen LogP contribution >= 0.6 is 0 Å². The summed E-state index contributed by atoms with van der Waals surface area (Å²) < 4.78 is 56.3. The molecule has 2 aliphatic heterocycles. The summed E-state index contributed by atoms with van der Waals surface area (Å²) in [4.78, 5) is 15.3. The fourth-order valence-electron chi connectivity index (χ4n) is 5.49. The van der Waals surface area contributed by atoms with Crippen LogP contribution in [0, 0.1) is 11.3 Å². The molecule has 0 bridgehead atoms. The third kappa shape index (κ3) is 4.86. The van der Waals surface area contributed by atoms with Gasteiger partial charge in [-0.05, 0) is 49.8 Å². The van der Waals surface area contributed by atoms with Crippen LogP contribution in [0.2, 0.25) is 0 Å². The quantitative estimate of drug-likeness (QED) is 0.706. The number of alkyl halides is 3. The van der Waals surface area contributed by atoms with Gasteiger partial charge in [0, 0.05) is 31.4 Å². The Morgan fingerprint density at radius 1 is 1.30 bits per heavy atom. The summed E-state index contributed by atoms with van der Waals surface area (Å²) in [5.41, 5.74) is -0.915. The van der Waals surface area contributed by atoms with E-state index in [0.29, 0.717) is 30.9 Å². The van der Waals surface area contributed by atoms with Crippen molar-refractivity contribution >= 4 is 5.91 Å². The van der Waals surface area contributed by atoms with Crippen molar-refractivity contribution in [3.8, 4) is 5.75 Å². The number of carbonyl (C=O) groups excluding carboxylic acids is 1. The highest BCUT2D eigenvalue weighted by atomic mass is 19.4. The first kappa shape index (κ1) is 24.3. The van der Waals surface area contributed by atoms with Gasteiger partial charge in [0.1, 0.15) is 5.75 Å². The average Bonchev–Trinajstić information content (AvgIpc) is 3.23. The van der Waals surface area contributed by atoms with Gasteiger partial charge >= 0.3 is 6.18 Å². The molecule has 184 valence electrons. The minimum atomic E-state index is -4.44. The molecule has 0 spiro atoms. The third-order valence-corrected chi connectivity index (χ3v) is 7.55. The number of fused-ring (bicyclic) bond motifs is 1. The molecule has 0 aromatic heterocycles. The standard InChI is InChI=1S/C24H33F3N2O4/c1-15(2)23(8-6-18(11-23)28-19-7-9-32-13-21(19)31-3)22(30)29-12-16-10-17(24(25,26)27)4-5-20(16)33-14-29/h4-5,10,15,18-19,21,28H,6-9,11-14H2,1-3H3/t18-,19-,21+,23+/m1/s1. The summed E-state index contributed by atoms with van der Waals surface area (Å²) in [6.45, 7) is 5.51. The first-order valence-electron chi connectivity index (χ1n) is 11.6. The Balaban J connectivity index is 1.48. The second-order valence-electron chi connectivity index (χ2n) is 9.76. The number of rotatable bonds is 5. The second kappa shape index (κ2) is 9.43. The molecule has 1 amide bonds. The van der Waals surface area contributed by atoms with E-state index in [4.69, 9.17) is 14.2 Å². The second-order valence-corrected chi connectivity index (χ2v) is 9.76. The molecule has 1 aliphatic carbocycles. The smallest absolute Gasteiger partial charge is 0.416 e. The molecule has 4 atom stereocenters. The van der Waals surface area contributed by atoms with Gasteiger partial charge in [0.2, 0.25) is 5.91 Å². The van der Waals surface area contributed by atoms with E-state index in [2.05, 4.69) is 5.32 Å². The van der Waals surface area contributed by atoms with Gasteiger partial charge in [0.15, 0.2) is 6.73 Å². The maximum atomic E-state index is 13.8. The number of halogens is 3. The lowest BCUT2D eigenvalue weighted by molar-refractivity contribution is -0.150. The van der Waals surface area contributed by atoms with Crippen molar-refractivity contribution in [2.75, 3.05) is 27.1 Å². The summed E-state index contributed by atoms with van der Waals surface area (Å²) in [5, 5.41) is 3.69. The molecule has 0 radical (unpaired) electrons. The summed E-state index contributed by atoms with van der Waals surface area (Å²) in [6.07, 6.45) is -1.32. The molecule has 4 rings (SSSR count). The monoisotopic (exact) mass is 470 g/mol. The van der Waals surface area contributed by atoms with Gasteiger partial charge in [-0.2, -0.15) is 13.2 Å². The van der Waals surface area contributed by atoms with E-state index >= 15 is 0 Å². The molecular formula is C24H33F3N2O4. The number of benzene rings is 1. The topological polar surface area (TPSA) is 60.0 Å². The highest BCUT2D eigenvalue weighted by Gasteiger charge is 2.50. The number of hydrogen-bond donors (Lipinski definition) is 1. The first-order valence-corrected chi connectivity index (χ1v) is 11.6. The molecule has 2 heterocycles. The van der Waals surface area contributed by atoms with Crippen molar-refractivity contribution in [3.63, 3.8) is 0 Å². The third-order valence-electron chi connectivity index (χ3n) is 7.55. The highest BCUT2D eigenvalue weighted by molar-refractivity contribution is 5.83. The van der Waals surface area contributed by atoms with E-state index in [1.807, 2.05) is 13.8 Å². The lowest BCUT2D eigenvalue weighted by atomic mass is 9.74. The Kier molecular flexibility index (Phi) is 6.94. The van der Waals surface area contributed by atoms with Crippen molar-refractivity contribution in [1.82, 2.24) is 10.2 Å². The SMILES string of the molecule is CO[C@H]1COCC[C@H]1N[C@@H]1CC[C@@](C(=O)N2COc3ccc(C(F)(F)F)cc3C2)(C(C)C)C1. The Morgan fingerprint density at radius 3 is 2.79 bits per heavy atom. The van der Waals surface area contributed by atoms with Crippen molar-refractivity contribution in [1.29, 1.82) is 0 Å². The fourth-order valence-corrected chi connectivity index (χ4v) is 5.49. The summed E-state index contributed by atoms with van der Waals surface area (Å²) in [6, 6.07) is 3.80. The molecule has 1 aromatic rings. The summed E-state index contributed by atoms with van der Waals surface area (Å²) in [7, 11) is 1.68. The van der Waals surface area contributed by atoms with Crippen LogP contribution in [-0.2, 0) is 27.0 Å². The minimum absolute atomic E-state index is 0.0154. The Morgan fingerprint density at radius 2 is 2.09 bits per heavy atom. The van der Waals surface area contributed by atoms with Crippen molar-refractivity contribution < 1.29 is 32.2 Å². The van der Waals surface area contributed by atoms with E-state index in [1.165, 1.54) is 6.07 Å². The molecule has 33 heavy (non-hydrogen) atoms. The molecule has 1 saturated heterocycles. The zero-order valence-corrected chi connectivity index (χ0v) is 19.4. The molecule has 0 unspecified atom stereocenters. The van der Waals surface area contributed by atoms with Crippen molar-refractivity contribution in [3.05, 3.63) is 29.3 Å². The normalized spacial score (nSPS) is 30.3. The largest absolute Gasteiger partial charge is 0.473 e. The van der Waals surface area contributed by atoms with Crippen LogP contribution in [0.25, 0.3) is 0 Å². The van der Waals surface area contributed by atoms with Crippen molar-refractivity contribution in [2.24, 2.45) is 11.3 Å². The first-order chi connectivity index (χ1) is 15.6. The molecule has 3 aliphatic rings. The molecular weight excluding hydrogens is 437 g/mol. The van der Waals surface area contributed by atoms with E-state index in [1.54, 1.807) is 12.0 Å². The van der Waals surface area contributed by atoms with E-state index in [0.717, 1.165) is 31.4 Å². The summed E-state index contributed by atoms with van der Waals surface area (Å²) >= 11 is 0. The number of nitrogens with zero attached hydrogens (tertiary/aromatic N) is 1. The number of hydrogen-bond acceptors (Lipinski definition) is 5. The van der Waals surface area contributed by atoms with Gasteiger partial charge in [-0.3, -0.25) is 4.79 Å². The lowest BCUT2D eigenvalue weighted by Crippen LogP contribution is -2.52. The van der Waals surface area contributed by atoms with Crippen LogP contribution in [0.5, 0.6) is 5.75 Å². The van der Waals surface area contributed by atoms with Crippen LogP contribution in [0.4, 0.5) is 13.2 Å². The van der Waals surface area contributed by atoms with Crippen LogP contribution in [0.15, 0.2) is 18.2 Å². The van der Waals surface area contributed by atoms with Gasteiger partial charge in [-0.25, -0.2) is 0 Å². The van der Waals surface area contributed by atoms with E-state index in [-0.39, 0.29) is 43.3 Å². The van der Waals surface area contributed by atoms with Gasteiger partial charge in [-0.1, -0.05) is 13.8 Å². The summed E-state index contributed by atoms with van der Waals surface area (Å²) in [5.74, 6) is 0.453. The fraction of sp³-hybridized carbons (Fsp3) is 0.708. The van der Waals surface area contributed by atoms with Crippen LogP contribution < -0.4 is 10.1 Å². The number of amides is 1. The predicted molar refractivity (Wildman–Crippen MR) is 116 cm³/mol. The predicted octanol–water partition coefficient (Wildman–Crippen LogP) is 3.97. The number of carbonyl (C=O) groups is 1. The number of methoxy groups -OCH3 is 1. The molecule has 1 saturated carbocycles. The molecule has 1 N–H and O–H groups in total. The van der Waals surface area contributed by atoms with Gasteiger partial charge in [0.25, 0.3) is 0 Å². The van der Waals surface area contributed by atoms with E-state index in [9.17, 15) is 18.0 Å². The minimum Gasteiger partial charge on any atom is -0.473 e. The van der Waals surface area contributed by atoms with Gasteiger partial charge in [0.05, 0.1) is 30.2 Å². The lowest BCUT2D eigenvalue weighted by Gasteiger charge is -2.40. The van der Waals surface area contributed by atoms with Crippen LogP contribution in [-0.4, -0.2) is 56.0 Å².